The van der Waals surface area contributed by atoms with E-state index in [1.165, 1.54) is 11.3 Å². The average Bonchev–Trinajstić information content (AvgIpc) is 2.90. The molecule has 1 aromatic heterocycles. The number of fused-ring (bicyclic) bond motifs is 1. The summed E-state index contributed by atoms with van der Waals surface area (Å²) in [6.45, 7) is 2.21. The number of thiophene rings is 1. The largest absolute Gasteiger partial charge is 0.312 e. The van der Waals surface area contributed by atoms with Gasteiger partial charge in [-0.05, 0) is 48.9 Å². The first-order valence-corrected chi connectivity index (χ1v) is 9.34. The molecular weight excluding hydrogens is 372 g/mol. The van der Waals surface area contributed by atoms with E-state index in [-0.39, 0.29) is 5.91 Å². The molecular formula is C18H17BrN2OS. The van der Waals surface area contributed by atoms with E-state index in [1.807, 2.05) is 12.1 Å². The van der Waals surface area contributed by atoms with Gasteiger partial charge in [-0.1, -0.05) is 35.3 Å². The number of anilines is 1. The number of rotatable bonds is 3. The van der Waals surface area contributed by atoms with Crippen LogP contribution in [0.2, 0.25) is 0 Å². The molecule has 2 aromatic rings. The van der Waals surface area contributed by atoms with Gasteiger partial charge in [0.05, 0.1) is 5.56 Å². The van der Waals surface area contributed by atoms with Crippen molar-refractivity contribution in [2.24, 2.45) is 5.92 Å². The standard InChI is InChI=1S/C18H17BrN2OS/c1-2-11-6-7-14-15(10-20)18(23-16(14)8-11)21-17(22)12-4-3-5-13(19)9-12/h3-5,9,11H,2,6-8H2,1H3,(H,21,22). The van der Waals surface area contributed by atoms with Gasteiger partial charge in [0, 0.05) is 14.9 Å². The highest BCUT2D eigenvalue weighted by Gasteiger charge is 2.25. The fourth-order valence-corrected chi connectivity index (χ4v) is 4.72. The molecule has 1 aromatic carbocycles. The highest BCUT2D eigenvalue weighted by atomic mass is 79.9. The van der Waals surface area contributed by atoms with Crippen molar-refractivity contribution in [1.82, 2.24) is 0 Å². The fraction of sp³-hybridized carbons (Fsp3) is 0.333. The van der Waals surface area contributed by atoms with Crippen LogP contribution in [0.4, 0.5) is 5.00 Å². The van der Waals surface area contributed by atoms with E-state index >= 15 is 0 Å². The topological polar surface area (TPSA) is 52.9 Å². The maximum Gasteiger partial charge on any atom is 0.256 e. The summed E-state index contributed by atoms with van der Waals surface area (Å²) < 4.78 is 0.863. The number of carbonyl (C=O) groups excluding carboxylic acids is 1. The Morgan fingerprint density at radius 1 is 1.52 bits per heavy atom. The lowest BCUT2D eigenvalue weighted by atomic mass is 9.86. The van der Waals surface area contributed by atoms with E-state index in [9.17, 15) is 10.1 Å². The molecule has 0 radical (unpaired) electrons. The highest BCUT2D eigenvalue weighted by Crippen LogP contribution is 2.40. The molecule has 1 aliphatic carbocycles. The van der Waals surface area contributed by atoms with Crippen LogP contribution in [0.3, 0.4) is 0 Å². The molecule has 1 amide bonds. The quantitative estimate of drug-likeness (QED) is 0.789. The average molecular weight is 389 g/mol. The molecule has 3 rings (SSSR count). The first-order chi connectivity index (χ1) is 11.1. The predicted molar refractivity (Wildman–Crippen MR) is 96.9 cm³/mol. The van der Waals surface area contributed by atoms with Crippen molar-refractivity contribution < 1.29 is 4.79 Å². The Kier molecular flexibility index (Phi) is 4.84. The maximum atomic E-state index is 12.4. The van der Waals surface area contributed by atoms with E-state index in [0.717, 1.165) is 29.3 Å². The third-order valence-electron chi connectivity index (χ3n) is 4.37. The van der Waals surface area contributed by atoms with Gasteiger partial charge in [0.1, 0.15) is 11.1 Å². The number of nitrogens with zero attached hydrogens (tertiary/aromatic N) is 1. The van der Waals surface area contributed by atoms with E-state index < -0.39 is 0 Å². The van der Waals surface area contributed by atoms with Gasteiger partial charge in [-0.15, -0.1) is 11.3 Å². The summed E-state index contributed by atoms with van der Waals surface area (Å²) in [4.78, 5) is 13.7. The Bertz CT molecular complexity index is 791. The van der Waals surface area contributed by atoms with Gasteiger partial charge in [-0.3, -0.25) is 4.79 Å². The number of halogens is 1. The van der Waals surface area contributed by atoms with Gasteiger partial charge in [-0.25, -0.2) is 0 Å². The van der Waals surface area contributed by atoms with Gasteiger partial charge in [0.25, 0.3) is 5.91 Å². The molecule has 1 atom stereocenters. The molecule has 1 heterocycles. The summed E-state index contributed by atoms with van der Waals surface area (Å²) in [7, 11) is 0. The summed E-state index contributed by atoms with van der Waals surface area (Å²) in [5.74, 6) is 0.523. The van der Waals surface area contributed by atoms with Crippen molar-refractivity contribution >= 4 is 38.2 Å². The number of nitrogens with one attached hydrogen (secondary N) is 1. The number of amides is 1. The van der Waals surface area contributed by atoms with Gasteiger partial charge in [0.15, 0.2) is 0 Å². The lowest BCUT2D eigenvalue weighted by Crippen LogP contribution is -2.12. The summed E-state index contributed by atoms with van der Waals surface area (Å²) in [5.41, 5.74) is 2.38. The smallest absolute Gasteiger partial charge is 0.256 e. The van der Waals surface area contributed by atoms with Crippen LogP contribution in [0.25, 0.3) is 0 Å². The van der Waals surface area contributed by atoms with Gasteiger partial charge in [-0.2, -0.15) is 5.26 Å². The summed E-state index contributed by atoms with van der Waals surface area (Å²) in [6.07, 6.45) is 4.27. The monoisotopic (exact) mass is 388 g/mol. The predicted octanol–water partition coefficient (Wildman–Crippen LogP) is 5.15. The molecule has 23 heavy (non-hydrogen) atoms. The first-order valence-electron chi connectivity index (χ1n) is 7.74. The van der Waals surface area contributed by atoms with E-state index in [2.05, 4.69) is 34.2 Å². The summed E-state index contributed by atoms with van der Waals surface area (Å²) >= 11 is 4.94. The Morgan fingerprint density at radius 2 is 2.35 bits per heavy atom. The molecule has 0 spiro atoms. The number of hydrogen-bond donors (Lipinski definition) is 1. The van der Waals surface area contributed by atoms with Crippen molar-refractivity contribution in [3.05, 3.63) is 50.3 Å². The van der Waals surface area contributed by atoms with E-state index in [4.69, 9.17) is 0 Å². The Labute approximate surface area is 148 Å². The second-order valence-electron chi connectivity index (χ2n) is 5.80. The molecule has 1 N–H and O–H groups in total. The minimum Gasteiger partial charge on any atom is -0.312 e. The zero-order valence-corrected chi connectivity index (χ0v) is 15.3. The molecule has 118 valence electrons. The van der Waals surface area contributed by atoms with Gasteiger partial charge >= 0.3 is 0 Å². The van der Waals surface area contributed by atoms with E-state index in [0.29, 0.717) is 22.0 Å². The van der Waals surface area contributed by atoms with Crippen LogP contribution in [0, 0.1) is 17.2 Å². The van der Waals surface area contributed by atoms with Crippen LogP contribution < -0.4 is 5.32 Å². The molecule has 0 saturated carbocycles. The van der Waals surface area contributed by atoms with Crippen molar-refractivity contribution in [2.45, 2.75) is 32.6 Å². The molecule has 0 aliphatic heterocycles. The summed E-state index contributed by atoms with van der Waals surface area (Å²) in [6, 6.07) is 9.55. The SMILES string of the molecule is CCC1CCc2c(sc(NC(=O)c3cccc(Br)c3)c2C#N)C1. The number of carbonyl (C=O) groups is 1. The second-order valence-corrected chi connectivity index (χ2v) is 7.82. The van der Waals surface area contributed by atoms with Crippen molar-refractivity contribution in [3.8, 4) is 6.07 Å². The van der Waals surface area contributed by atoms with Crippen molar-refractivity contribution in [1.29, 1.82) is 5.26 Å². The minimum atomic E-state index is -0.173. The second kappa shape index (κ2) is 6.86. The van der Waals surface area contributed by atoms with Gasteiger partial charge in [0.2, 0.25) is 0 Å². The van der Waals surface area contributed by atoms with Crippen molar-refractivity contribution in [2.75, 3.05) is 5.32 Å². The molecule has 5 heteroatoms. The lowest BCUT2D eigenvalue weighted by molar-refractivity contribution is 0.102. The molecule has 1 unspecified atom stereocenters. The maximum absolute atomic E-state index is 12.4. The van der Waals surface area contributed by atoms with Crippen LogP contribution in [-0.4, -0.2) is 5.91 Å². The summed E-state index contributed by atoms with van der Waals surface area (Å²) in [5, 5.41) is 13.1. The van der Waals surface area contributed by atoms with Crippen LogP contribution in [-0.2, 0) is 12.8 Å². The van der Waals surface area contributed by atoms with Crippen LogP contribution >= 0.6 is 27.3 Å². The Balaban J connectivity index is 1.88. The third kappa shape index (κ3) is 3.34. The Morgan fingerprint density at radius 3 is 3.04 bits per heavy atom. The zero-order valence-electron chi connectivity index (χ0n) is 12.9. The molecule has 3 nitrogen and oxygen atoms in total. The van der Waals surface area contributed by atoms with Crippen LogP contribution in [0.15, 0.2) is 28.7 Å². The molecule has 0 fully saturated rings. The van der Waals surface area contributed by atoms with E-state index in [1.54, 1.807) is 23.5 Å². The lowest BCUT2D eigenvalue weighted by Gasteiger charge is -2.20. The first kappa shape index (κ1) is 16.2. The Hall–Kier alpha value is -1.64. The normalized spacial score (nSPS) is 16.5. The zero-order chi connectivity index (χ0) is 16.4. The van der Waals surface area contributed by atoms with Crippen LogP contribution in [0.1, 0.15) is 46.1 Å². The number of benzene rings is 1. The highest BCUT2D eigenvalue weighted by molar-refractivity contribution is 9.10. The third-order valence-corrected chi connectivity index (χ3v) is 6.03. The number of nitriles is 1. The fourth-order valence-electron chi connectivity index (χ4n) is 3.01. The van der Waals surface area contributed by atoms with Crippen LogP contribution in [0.5, 0.6) is 0 Å². The molecule has 0 bridgehead atoms. The number of hydrogen-bond acceptors (Lipinski definition) is 3. The van der Waals surface area contributed by atoms with Gasteiger partial charge < -0.3 is 5.32 Å². The minimum absolute atomic E-state index is 0.173. The molecule has 0 saturated heterocycles. The molecule has 1 aliphatic rings. The van der Waals surface area contributed by atoms with Crippen molar-refractivity contribution in [3.63, 3.8) is 0 Å².